The predicted octanol–water partition coefficient (Wildman–Crippen LogP) is 3.02. The van der Waals surface area contributed by atoms with Gasteiger partial charge in [0.05, 0.1) is 11.6 Å². The average Bonchev–Trinajstić information content (AvgIpc) is 2.68. The van der Waals surface area contributed by atoms with Crippen molar-refractivity contribution in [1.29, 1.82) is 5.26 Å². The minimum atomic E-state index is 0.179. The molecule has 1 aliphatic rings. The molecule has 0 aliphatic carbocycles. The van der Waals surface area contributed by atoms with Crippen molar-refractivity contribution >= 4 is 17.3 Å². The van der Waals surface area contributed by atoms with Gasteiger partial charge in [0.2, 0.25) is 5.91 Å². The summed E-state index contributed by atoms with van der Waals surface area (Å²) < 4.78 is 0. The number of aryl methyl sites for hydroxylation is 1. The third-order valence-electron chi connectivity index (χ3n) is 4.66. The highest BCUT2D eigenvalue weighted by atomic mass is 16.2. The standard InChI is InChI=1S/C21H24N4O/c1-17-4-2-7-20(14-17)24-10-12-25(13-11-24)21(26)8-9-23-19-6-3-5-18(15-19)16-22/h2-7,14-15,23H,8-13H2,1H3. The lowest BCUT2D eigenvalue weighted by atomic mass is 10.2. The Hall–Kier alpha value is -3.00. The number of carbonyl (C=O) groups excluding carboxylic acids is 1. The summed E-state index contributed by atoms with van der Waals surface area (Å²) in [5.41, 5.74) is 3.98. The molecule has 0 spiro atoms. The zero-order valence-corrected chi connectivity index (χ0v) is 15.1. The molecule has 1 saturated heterocycles. The number of amides is 1. The number of rotatable bonds is 5. The van der Waals surface area contributed by atoms with E-state index in [-0.39, 0.29) is 5.91 Å². The lowest BCUT2D eigenvalue weighted by Gasteiger charge is -2.36. The minimum Gasteiger partial charge on any atom is -0.384 e. The van der Waals surface area contributed by atoms with Gasteiger partial charge in [-0.05, 0) is 42.8 Å². The van der Waals surface area contributed by atoms with E-state index in [4.69, 9.17) is 5.26 Å². The van der Waals surface area contributed by atoms with Crippen LogP contribution in [0.25, 0.3) is 0 Å². The second kappa shape index (κ2) is 8.39. The Labute approximate surface area is 154 Å². The minimum absolute atomic E-state index is 0.179. The van der Waals surface area contributed by atoms with Crippen LogP contribution in [0.5, 0.6) is 0 Å². The molecule has 2 aromatic carbocycles. The number of hydrogen-bond donors (Lipinski definition) is 1. The number of nitrogens with zero attached hydrogens (tertiary/aromatic N) is 3. The molecule has 1 fully saturated rings. The van der Waals surface area contributed by atoms with Crippen molar-refractivity contribution in [2.75, 3.05) is 42.9 Å². The number of anilines is 2. The van der Waals surface area contributed by atoms with Crippen LogP contribution in [0, 0.1) is 18.3 Å². The molecule has 1 aliphatic heterocycles. The molecule has 0 atom stereocenters. The average molecular weight is 348 g/mol. The van der Waals surface area contributed by atoms with Gasteiger partial charge in [0.15, 0.2) is 0 Å². The first-order valence-electron chi connectivity index (χ1n) is 8.99. The Morgan fingerprint density at radius 1 is 1.12 bits per heavy atom. The summed E-state index contributed by atoms with van der Waals surface area (Å²) in [5, 5.41) is 12.1. The zero-order chi connectivity index (χ0) is 18.4. The van der Waals surface area contributed by atoms with E-state index in [0.29, 0.717) is 18.5 Å². The SMILES string of the molecule is Cc1cccc(N2CCN(C(=O)CCNc3cccc(C#N)c3)CC2)c1. The summed E-state index contributed by atoms with van der Waals surface area (Å²) in [6.45, 7) is 5.93. The lowest BCUT2D eigenvalue weighted by Crippen LogP contribution is -2.49. The Kier molecular flexibility index (Phi) is 5.75. The maximum atomic E-state index is 12.4. The van der Waals surface area contributed by atoms with Crippen LogP contribution in [0.4, 0.5) is 11.4 Å². The molecular weight excluding hydrogens is 324 g/mol. The van der Waals surface area contributed by atoms with Gasteiger partial charge < -0.3 is 15.1 Å². The Balaban J connectivity index is 1.44. The Morgan fingerprint density at radius 2 is 1.88 bits per heavy atom. The van der Waals surface area contributed by atoms with Gasteiger partial charge in [-0.25, -0.2) is 0 Å². The van der Waals surface area contributed by atoms with Gasteiger partial charge >= 0.3 is 0 Å². The van der Waals surface area contributed by atoms with Gasteiger partial charge in [0.25, 0.3) is 0 Å². The van der Waals surface area contributed by atoms with Gasteiger partial charge in [-0.15, -0.1) is 0 Å². The summed E-state index contributed by atoms with van der Waals surface area (Å²) in [7, 11) is 0. The molecule has 5 nitrogen and oxygen atoms in total. The van der Waals surface area contributed by atoms with E-state index in [0.717, 1.165) is 31.9 Å². The third kappa shape index (κ3) is 4.54. The molecule has 0 saturated carbocycles. The van der Waals surface area contributed by atoms with Crippen LogP contribution in [0.15, 0.2) is 48.5 Å². The monoisotopic (exact) mass is 348 g/mol. The number of carbonyl (C=O) groups is 1. The first kappa shape index (κ1) is 17.8. The fraction of sp³-hybridized carbons (Fsp3) is 0.333. The van der Waals surface area contributed by atoms with Crippen molar-refractivity contribution in [1.82, 2.24) is 4.90 Å². The zero-order valence-electron chi connectivity index (χ0n) is 15.1. The second-order valence-electron chi connectivity index (χ2n) is 6.58. The summed E-state index contributed by atoms with van der Waals surface area (Å²) >= 11 is 0. The van der Waals surface area contributed by atoms with Gasteiger partial charge in [-0.3, -0.25) is 4.79 Å². The molecule has 1 heterocycles. The van der Waals surface area contributed by atoms with E-state index in [1.807, 2.05) is 17.0 Å². The number of benzene rings is 2. The molecule has 0 radical (unpaired) electrons. The largest absolute Gasteiger partial charge is 0.384 e. The van der Waals surface area contributed by atoms with Crippen LogP contribution in [0.2, 0.25) is 0 Å². The maximum absolute atomic E-state index is 12.4. The molecule has 2 aromatic rings. The Morgan fingerprint density at radius 3 is 2.62 bits per heavy atom. The maximum Gasteiger partial charge on any atom is 0.224 e. The van der Waals surface area contributed by atoms with Crippen molar-refractivity contribution in [3.05, 3.63) is 59.7 Å². The topological polar surface area (TPSA) is 59.4 Å². The predicted molar refractivity (Wildman–Crippen MR) is 104 cm³/mol. The molecule has 0 bridgehead atoms. The van der Waals surface area contributed by atoms with Crippen LogP contribution in [0.3, 0.4) is 0 Å². The molecule has 1 N–H and O–H groups in total. The van der Waals surface area contributed by atoms with Crippen molar-refractivity contribution in [2.24, 2.45) is 0 Å². The Bertz CT molecular complexity index is 804. The number of piperazine rings is 1. The highest BCUT2D eigenvalue weighted by Crippen LogP contribution is 2.18. The molecule has 5 heteroatoms. The first-order chi connectivity index (χ1) is 12.7. The molecule has 26 heavy (non-hydrogen) atoms. The van der Waals surface area contributed by atoms with Crippen LogP contribution < -0.4 is 10.2 Å². The van der Waals surface area contributed by atoms with Crippen LogP contribution >= 0.6 is 0 Å². The fourth-order valence-electron chi connectivity index (χ4n) is 3.21. The molecule has 3 rings (SSSR count). The first-order valence-corrected chi connectivity index (χ1v) is 8.99. The van der Waals surface area contributed by atoms with Gasteiger partial charge in [0, 0.05) is 50.5 Å². The highest BCUT2D eigenvalue weighted by molar-refractivity contribution is 5.77. The molecule has 0 aromatic heterocycles. The number of hydrogen-bond acceptors (Lipinski definition) is 4. The molecule has 0 unspecified atom stereocenters. The van der Waals surface area contributed by atoms with Gasteiger partial charge in [0.1, 0.15) is 0 Å². The smallest absolute Gasteiger partial charge is 0.224 e. The van der Waals surface area contributed by atoms with Crippen molar-refractivity contribution in [3.8, 4) is 6.07 Å². The van der Waals surface area contributed by atoms with Crippen LogP contribution in [-0.2, 0) is 4.79 Å². The van der Waals surface area contributed by atoms with E-state index in [2.05, 4.69) is 47.5 Å². The van der Waals surface area contributed by atoms with E-state index >= 15 is 0 Å². The highest BCUT2D eigenvalue weighted by Gasteiger charge is 2.20. The summed E-state index contributed by atoms with van der Waals surface area (Å²) in [4.78, 5) is 16.7. The number of nitrogens with one attached hydrogen (secondary N) is 1. The van der Waals surface area contributed by atoms with Crippen molar-refractivity contribution in [3.63, 3.8) is 0 Å². The normalized spacial score (nSPS) is 14.0. The quantitative estimate of drug-likeness (QED) is 0.902. The van der Waals surface area contributed by atoms with E-state index < -0.39 is 0 Å². The molecule has 134 valence electrons. The van der Waals surface area contributed by atoms with Crippen molar-refractivity contribution < 1.29 is 4.79 Å². The van der Waals surface area contributed by atoms with E-state index in [1.54, 1.807) is 12.1 Å². The van der Waals surface area contributed by atoms with Crippen molar-refractivity contribution in [2.45, 2.75) is 13.3 Å². The fourth-order valence-corrected chi connectivity index (χ4v) is 3.21. The van der Waals surface area contributed by atoms with Crippen LogP contribution in [-0.4, -0.2) is 43.5 Å². The summed E-state index contributed by atoms with van der Waals surface area (Å²) in [6, 6.07) is 17.9. The third-order valence-corrected chi connectivity index (χ3v) is 4.66. The number of nitriles is 1. The van der Waals surface area contributed by atoms with Gasteiger partial charge in [-0.1, -0.05) is 18.2 Å². The van der Waals surface area contributed by atoms with E-state index in [1.165, 1.54) is 11.3 Å². The lowest BCUT2D eigenvalue weighted by molar-refractivity contribution is -0.131. The summed E-state index contributed by atoms with van der Waals surface area (Å²) in [5.74, 6) is 0.179. The summed E-state index contributed by atoms with van der Waals surface area (Å²) in [6.07, 6.45) is 0.460. The van der Waals surface area contributed by atoms with Crippen LogP contribution in [0.1, 0.15) is 17.5 Å². The van der Waals surface area contributed by atoms with Gasteiger partial charge in [-0.2, -0.15) is 5.26 Å². The van der Waals surface area contributed by atoms with E-state index in [9.17, 15) is 4.79 Å². The second-order valence-corrected chi connectivity index (χ2v) is 6.58. The molecule has 1 amide bonds. The molecular formula is C21H24N4O.